The molecular formula is C12H17FN2O2. The van der Waals surface area contributed by atoms with E-state index in [1.165, 1.54) is 17.0 Å². The number of aliphatic hydroxyl groups excluding tert-OH is 1. The van der Waals surface area contributed by atoms with Crippen molar-refractivity contribution in [2.24, 2.45) is 0 Å². The standard InChI is InChI=1S/C12H17FN2O2/c1-2-5-15(6-7-16)12(17)10-4-3-9(13)8-11(10)14/h3-4,8,16H,2,5-7,14H2,1H3. The topological polar surface area (TPSA) is 66.6 Å². The number of carbonyl (C=O) groups excluding carboxylic acids is 1. The summed E-state index contributed by atoms with van der Waals surface area (Å²) in [5.74, 6) is -0.748. The smallest absolute Gasteiger partial charge is 0.256 e. The van der Waals surface area contributed by atoms with Crippen molar-refractivity contribution in [3.05, 3.63) is 29.6 Å². The van der Waals surface area contributed by atoms with E-state index in [2.05, 4.69) is 0 Å². The van der Waals surface area contributed by atoms with Crippen LogP contribution in [-0.2, 0) is 0 Å². The summed E-state index contributed by atoms with van der Waals surface area (Å²) < 4.78 is 12.9. The Labute approximate surface area is 99.8 Å². The van der Waals surface area contributed by atoms with Crippen LogP contribution in [0.15, 0.2) is 18.2 Å². The van der Waals surface area contributed by atoms with E-state index in [1.807, 2.05) is 6.92 Å². The third kappa shape index (κ3) is 3.42. The number of benzene rings is 1. The van der Waals surface area contributed by atoms with E-state index >= 15 is 0 Å². The van der Waals surface area contributed by atoms with Gasteiger partial charge in [0.05, 0.1) is 12.2 Å². The van der Waals surface area contributed by atoms with Crippen LogP contribution in [-0.4, -0.2) is 35.6 Å². The van der Waals surface area contributed by atoms with E-state index in [9.17, 15) is 9.18 Å². The molecule has 0 aliphatic rings. The minimum atomic E-state index is -0.469. The lowest BCUT2D eigenvalue weighted by molar-refractivity contribution is 0.0723. The summed E-state index contributed by atoms with van der Waals surface area (Å²) >= 11 is 0. The largest absolute Gasteiger partial charge is 0.398 e. The zero-order valence-electron chi connectivity index (χ0n) is 9.82. The number of carbonyl (C=O) groups is 1. The number of rotatable bonds is 5. The van der Waals surface area contributed by atoms with Crippen molar-refractivity contribution in [1.82, 2.24) is 4.90 Å². The van der Waals surface area contributed by atoms with Gasteiger partial charge >= 0.3 is 0 Å². The first-order valence-electron chi connectivity index (χ1n) is 5.55. The van der Waals surface area contributed by atoms with Gasteiger partial charge in [0.25, 0.3) is 5.91 Å². The summed E-state index contributed by atoms with van der Waals surface area (Å²) in [6, 6.07) is 3.69. The van der Waals surface area contributed by atoms with Gasteiger partial charge in [0.1, 0.15) is 5.82 Å². The van der Waals surface area contributed by atoms with E-state index in [0.29, 0.717) is 6.54 Å². The fourth-order valence-corrected chi connectivity index (χ4v) is 1.60. The number of nitrogens with two attached hydrogens (primary N) is 1. The lowest BCUT2D eigenvalue weighted by Gasteiger charge is -2.21. The number of halogens is 1. The van der Waals surface area contributed by atoms with Crippen LogP contribution >= 0.6 is 0 Å². The molecule has 0 aliphatic heterocycles. The first-order chi connectivity index (χ1) is 8.10. The molecule has 0 bridgehead atoms. The van der Waals surface area contributed by atoms with E-state index < -0.39 is 5.82 Å². The first-order valence-corrected chi connectivity index (χ1v) is 5.55. The summed E-state index contributed by atoms with van der Waals surface area (Å²) in [7, 11) is 0. The number of anilines is 1. The first kappa shape index (κ1) is 13.4. The quantitative estimate of drug-likeness (QED) is 0.761. The fourth-order valence-electron chi connectivity index (χ4n) is 1.60. The predicted octanol–water partition coefficient (Wildman–Crippen LogP) is 1.25. The van der Waals surface area contributed by atoms with Gasteiger partial charge in [-0.25, -0.2) is 4.39 Å². The molecule has 0 spiro atoms. The zero-order chi connectivity index (χ0) is 12.8. The minimum absolute atomic E-state index is 0.104. The molecule has 3 N–H and O–H groups in total. The third-order valence-electron chi connectivity index (χ3n) is 2.39. The summed E-state index contributed by atoms with van der Waals surface area (Å²) in [6.07, 6.45) is 0.785. The maximum atomic E-state index is 12.9. The minimum Gasteiger partial charge on any atom is -0.398 e. The van der Waals surface area contributed by atoms with Crippen molar-refractivity contribution in [3.8, 4) is 0 Å². The van der Waals surface area contributed by atoms with Gasteiger partial charge in [-0.1, -0.05) is 6.92 Å². The summed E-state index contributed by atoms with van der Waals surface area (Å²) in [6.45, 7) is 2.62. The van der Waals surface area contributed by atoms with Gasteiger partial charge in [-0.15, -0.1) is 0 Å². The van der Waals surface area contributed by atoms with E-state index in [-0.39, 0.29) is 30.3 Å². The van der Waals surface area contributed by atoms with Crippen LogP contribution in [0.25, 0.3) is 0 Å². The molecule has 0 radical (unpaired) electrons. The molecular weight excluding hydrogens is 223 g/mol. The Balaban J connectivity index is 2.92. The molecule has 4 nitrogen and oxygen atoms in total. The molecule has 1 amide bonds. The second kappa shape index (κ2) is 6.20. The normalized spacial score (nSPS) is 10.3. The van der Waals surface area contributed by atoms with Crippen LogP contribution in [0, 0.1) is 5.82 Å². The van der Waals surface area contributed by atoms with Gasteiger partial charge < -0.3 is 15.7 Å². The molecule has 0 aromatic heterocycles. The van der Waals surface area contributed by atoms with Gasteiger partial charge in [-0.05, 0) is 24.6 Å². The van der Waals surface area contributed by atoms with Crippen LogP contribution in [0.2, 0.25) is 0 Å². The number of hydrogen-bond acceptors (Lipinski definition) is 3. The van der Waals surface area contributed by atoms with E-state index in [1.54, 1.807) is 0 Å². The molecule has 0 heterocycles. The SMILES string of the molecule is CCCN(CCO)C(=O)c1ccc(F)cc1N. The van der Waals surface area contributed by atoms with Gasteiger partial charge in [-0.3, -0.25) is 4.79 Å². The lowest BCUT2D eigenvalue weighted by atomic mass is 10.1. The highest BCUT2D eigenvalue weighted by Crippen LogP contribution is 2.15. The van der Waals surface area contributed by atoms with Crippen molar-refractivity contribution in [1.29, 1.82) is 0 Å². The molecule has 0 aliphatic carbocycles. The Morgan fingerprint density at radius 1 is 1.47 bits per heavy atom. The van der Waals surface area contributed by atoms with Crippen LogP contribution in [0.1, 0.15) is 23.7 Å². The average molecular weight is 240 g/mol. The maximum absolute atomic E-state index is 12.9. The Hall–Kier alpha value is -1.62. The maximum Gasteiger partial charge on any atom is 0.256 e. The number of nitrogens with zero attached hydrogens (tertiary/aromatic N) is 1. The Bertz CT molecular complexity index is 390. The molecule has 0 saturated heterocycles. The van der Waals surface area contributed by atoms with Crippen molar-refractivity contribution < 1.29 is 14.3 Å². The molecule has 1 aromatic carbocycles. The molecule has 94 valence electrons. The van der Waals surface area contributed by atoms with Gasteiger partial charge in [0, 0.05) is 18.8 Å². The molecule has 0 saturated carbocycles. The van der Waals surface area contributed by atoms with Gasteiger partial charge in [0.2, 0.25) is 0 Å². The summed E-state index contributed by atoms with van der Waals surface area (Å²) in [5.41, 5.74) is 5.99. The fraction of sp³-hybridized carbons (Fsp3) is 0.417. The van der Waals surface area contributed by atoms with E-state index in [4.69, 9.17) is 10.8 Å². The van der Waals surface area contributed by atoms with Gasteiger partial charge in [-0.2, -0.15) is 0 Å². The molecule has 1 aromatic rings. The second-order valence-corrected chi connectivity index (χ2v) is 3.75. The highest BCUT2D eigenvalue weighted by molar-refractivity contribution is 5.99. The molecule has 0 unspecified atom stereocenters. The number of hydrogen-bond donors (Lipinski definition) is 2. The number of aliphatic hydroxyl groups is 1. The molecule has 17 heavy (non-hydrogen) atoms. The lowest BCUT2D eigenvalue weighted by Crippen LogP contribution is -2.34. The monoisotopic (exact) mass is 240 g/mol. The van der Waals surface area contributed by atoms with Gasteiger partial charge in [0.15, 0.2) is 0 Å². The summed E-state index contributed by atoms with van der Waals surface area (Å²) in [4.78, 5) is 13.6. The molecule has 5 heteroatoms. The van der Waals surface area contributed by atoms with Crippen LogP contribution in [0.4, 0.5) is 10.1 Å². The Kier molecular flexibility index (Phi) is 4.90. The summed E-state index contributed by atoms with van der Waals surface area (Å²) in [5, 5.41) is 8.89. The molecule has 0 atom stereocenters. The Morgan fingerprint density at radius 3 is 2.71 bits per heavy atom. The van der Waals surface area contributed by atoms with Crippen molar-refractivity contribution in [2.75, 3.05) is 25.4 Å². The average Bonchev–Trinajstić information content (AvgIpc) is 2.28. The van der Waals surface area contributed by atoms with Crippen LogP contribution < -0.4 is 5.73 Å². The molecule has 1 rings (SSSR count). The van der Waals surface area contributed by atoms with Crippen molar-refractivity contribution >= 4 is 11.6 Å². The molecule has 0 fully saturated rings. The van der Waals surface area contributed by atoms with Crippen LogP contribution in [0.5, 0.6) is 0 Å². The van der Waals surface area contributed by atoms with Crippen molar-refractivity contribution in [3.63, 3.8) is 0 Å². The predicted molar refractivity (Wildman–Crippen MR) is 64.1 cm³/mol. The van der Waals surface area contributed by atoms with E-state index in [0.717, 1.165) is 12.5 Å². The number of nitrogen functional groups attached to an aromatic ring is 1. The highest BCUT2D eigenvalue weighted by Gasteiger charge is 2.17. The number of amides is 1. The third-order valence-corrected chi connectivity index (χ3v) is 2.39. The van der Waals surface area contributed by atoms with Crippen molar-refractivity contribution in [2.45, 2.75) is 13.3 Å². The van der Waals surface area contributed by atoms with Crippen LogP contribution in [0.3, 0.4) is 0 Å². The Morgan fingerprint density at radius 2 is 2.18 bits per heavy atom. The second-order valence-electron chi connectivity index (χ2n) is 3.75. The highest BCUT2D eigenvalue weighted by atomic mass is 19.1. The zero-order valence-corrected chi connectivity index (χ0v) is 9.82.